The lowest BCUT2D eigenvalue weighted by Crippen LogP contribution is -2.11. The van der Waals surface area contributed by atoms with Gasteiger partial charge < -0.3 is 4.74 Å². The molecule has 0 spiro atoms. The fourth-order valence-corrected chi connectivity index (χ4v) is 0.726. The van der Waals surface area contributed by atoms with Crippen LogP contribution in [0.1, 0.15) is 16.1 Å². The van der Waals surface area contributed by atoms with Crippen molar-refractivity contribution in [1.29, 1.82) is 0 Å². The molecule has 1 aromatic rings. The summed E-state index contributed by atoms with van der Waals surface area (Å²) in [5, 5.41) is 6.25. The summed E-state index contributed by atoms with van der Waals surface area (Å²) >= 11 is 0. The lowest BCUT2D eigenvalue weighted by Gasteiger charge is -2.05. The van der Waals surface area contributed by atoms with E-state index in [9.17, 15) is 18.0 Å². The van der Waals surface area contributed by atoms with E-state index in [0.29, 0.717) is 12.3 Å². The smallest absolute Gasteiger partial charge is 0.418 e. The molecule has 0 fully saturated rings. The summed E-state index contributed by atoms with van der Waals surface area (Å²) in [6.07, 6.45) is -4.01. The van der Waals surface area contributed by atoms with E-state index in [2.05, 4.69) is 14.9 Å². The Morgan fingerprint density at radius 1 is 1.50 bits per heavy atom. The van der Waals surface area contributed by atoms with E-state index in [0.717, 1.165) is 7.11 Å². The van der Waals surface area contributed by atoms with E-state index < -0.39 is 23.4 Å². The van der Waals surface area contributed by atoms with Crippen molar-refractivity contribution in [2.75, 3.05) is 7.11 Å². The molecule has 4 nitrogen and oxygen atoms in total. The average Bonchev–Trinajstić information content (AvgIpc) is 2.15. The molecule has 7 heteroatoms. The van der Waals surface area contributed by atoms with E-state index in [1.165, 1.54) is 0 Å². The number of methoxy groups -OCH3 is 1. The summed E-state index contributed by atoms with van der Waals surface area (Å²) in [5.74, 6) is -0.955. The quantitative estimate of drug-likeness (QED) is 0.649. The highest BCUT2D eigenvalue weighted by molar-refractivity contribution is 5.87. The van der Waals surface area contributed by atoms with Crippen LogP contribution < -0.4 is 0 Å². The van der Waals surface area contributed by atoms with E-state index in [-0.39, 0.29) is 0 Å². The van der Waals surface area contributed by atoms with Gasteiger partial charge in [-0.15, -0.1) is 5.10 Å². The number of carbonyl (C=O) groups is 1. The minimum atomic E-state index is -4.54. The van der Waals surface area contributed by atoms with Gasteiger partial charge in [0, 0.05) is 0 Å². The Kier molecular flexibility index (Phi) is 2.68. The van der Waals surface area contributed by atoms with Gasteiger partial charge in [-0.1, -0.05) is 0 Å². The fraction of sp³-hybridized carbons (Fsp3) is 0.286. The first-order valence-corrected chi connectivity index (χ1v) is 3.43. The first-order chi connectivity index (χ1) is 6.45. The Balaban J connectivity index is 3.08. The number of ether oxygens (including phenoxy) is 1. The Morgan fingerprint density at radius 2 is 2.14 bits per heavy atom. The van der Waals surface area contributed by atoms with Gasteiger partial charge in [0.25, 0.3) is 0 Å². The molecular weight excluding hydrogens is 201 g/mol. The Hall–Kier alpha value is -1.66. The number of hydrogen-bond donors (Lipinski definition) is 0. The van der Waals surface area contributed by atoms with Crippen LogP contribution in [0.5, 0.6) is 0 Å². The van der Waals surface area contributed by atoms with Crippen LogP contribution in [0.15, 0.2) is 12.3 Å². The van der Waals surface area contributed by atoms with Gasteiger partial charge in [0.05, 0.1) is 18.9 Å². The maximum absolute atomic E-state index is 12.1. The largest absolute Gasteiger partial charge is 0.464 e. The van der Waals surface area contributed by atoms with Crippen LogP contribution >= 0.6 is 0 Å². The van der Waals surface area contributed by atoms with Crippen molar-refractivity contribution >= 4 is 5.97 Å². The highest BCUT2D eigenvalue weighted by atomic mass is 19.4. The summed E-state index contributed by atoms with van der Waals surface area (Å²) in [4.78, 5) is 10.8. The molecule has 0 bridgehead atoms. The third kappa shape index (κ3) is 2.18. The van der Waals surface area contributed by atoms with Gasteiger partial charge in [-0.2, -0.15) is 18.3 Å². The van der Waals surface area contributed by atoms with Crippen molar-refractivity contribution in [2.24, 2.45) is 0 Å². The third-order valence-electron chi connectivity index (χ3n) is 1.38. The fourth-order valence-electron chi connectivity index (χ4n) is 0.726. The topological polar surface area (TPSA) is 52.1 Å². The summed E-state index contributed by atoms with van der Waals surface area (Å²) in [5.41, 5.74) is -1.50. The van der Waals surface area contributed by atoms with E-state index >= 15 is 0 Å². The molecule has 0 atom stereocenters. The number of esters is 1. The molecule has 76 valence electrons. The van der Waals surface area contributed by atoms with Gasteiger partial charge in [0.1, 0.15) is 0 Å². The van der Waals surface area contributed by atoms with Crippen molar-refractivity contribution in [3.05, 3.63) is 23.5 Å². The summed E-state index contributed by atoms with van der Waals surface area (Å²) in [7, 11) is 1.05. The second kappa shape index (κ2) is 3.60. The minimum Gasteiger partial charge on any atom is -0.464 e. The number of aromatic nitrogens is 2. The van der Waals surface area contributed by atoms with Crippen molar-refractivity contribution in [2.45, 2.75) is 6.18 Å². The molecule has 0 aliphatic heterocycles. The second-order valence-corrected chi connectivity index (χ2v) is 2.32. The SMILES string of the molecule is COC(=O)c1cc(C(F)(F)F)cnn1. The molecule has 14 heavy (non-hydrogen) atoms. The summed E-state index contributed by atoms with van der Waals surface area (Å²) < 4.78 is 40.5. The van der Waals surface area contributed by atoms with Crippen LogP contribution in [0.2, 0.25) is 0 Å². The Bertz CT molecular complexity index is 351. The zero-order valence-corrected chi connectivity index (χ0v) is 7.00. The number of carbonyl (C=O) groups excluding carboxylic acids is 1. The summed E-state index contributed by atoms with van der Waals surface area (Å²) in [6.45, 7) is 0. The number of halogens is 3. The van der Waals surface area contributed by atoms with Crippen LogP contribution in [0, 0.1) is 0 Å². The van der Waals surface area contributed by atoms with Gasteiger partial charge in [-0.05, 0) is 6.07 Å². The zero-order chi connectivity index (χ0) is 10.8. The summed E-state index contributed by atoms with van der Waals surface area (Å²) in [6, 6.07) is 0.582. The maximum Gasteiger partial charge on any atom is 0.418 e. The molecule has 0 saturated heterocycles. The first kappa shape index (κ1) is 10.4. The standard InChI is InChI=1S/C7H5F3N2O2/c1-14-6(13)5-2-4(3-11-12-5)7(8,9)10/h2-3H,1H3. The molecule has 1 aromatic heterocycles. The average molecular weight is 206 g/mol. The van der Waals surface area contributed by atoms with E-state index in [1.54, 1.807) is 0 Å². The highest BCUT2D eigenvalue weighted by Gasteiger charge is 2.32. The van der Waals surface area contributed by atoms with Gasteiger partial charge in [-0.3, -0.25) is 0 Å². The molecule has 0 unspecified atom stereocenters. The number of alkyl halides is 3. The van der Waals surface area contributed by atoms with E-state index in [1.807, 2.05) is 0 Å². The van der Waals surface area contributed by atoms with Crippen LogP contribution in [0.3, 0.4) is 0 Å². The molecule has 0 aliphatic carbocycles. The van der Waals surface area contributed by atoms with Crippen LogP contribution in [-0.4, -0.2) is 23.3 Å². The Morgan fingerprint density at radius 3 is 2.64 bits per heavy atom. The van der Waals surface area contributed by atoms with Gasteiger partial charge in [0.15, 0.2) is 5.69 Å². The molecular formula is C7H5F3N2O2. The third-order valence-corrected chi connectivity index (χ3v) is 1.38. The van der Waals surface area contributed by atoms with Crippen molar-refractivity contribution in [3.8, 4) is 0 Å². The van der Waals surface area contributed by atoms with Gasteiger partial charge >= 0.3 is 12.1 Å². The lowest BCUT2D eigenvalue weighted by atomic mass is 10.2. The molecule has 0 radical (unpaired) electrons. The predicted molar refractivity (Wildman–Crippen MR) is 38.4 cm³/mol. The van der Waals surface area contributed by atoms with Crippen molar-refractivity contribution < 1.29 is 22.7 Å². The van der Waals surface area contributed by atoms with E-state index in [4.69, 9.17) is 0 Å². The molecule has 1 rings (SSSR count). The molecule has 0 N–H and O–H groups in total. The van der Waals surface area contributed by atoms with Crippen LogP contribution in [0.25, 0.3) is 0 Å². The van der Waals surface area contributed by atoms with Crippen LogP contribution in [-0.2, 0) is 10.9 Å². The lowest BCUT2D eigenvalue weighted by molar-refractivity contribution is -0.137. The molecule has 1 heterocycles. The van der Waals surface area contributed by atoms with Gasteiger partial charge in [-0.25, -0.2) is 4.79 Å². The normalized spacial score (nSPS) is 11.1. The second-order valence-electron chi connectivity index (χ2n) is 2.32. The number of nitrogens with zero attached hydrogens (tertiary/aromatic N) is 2. The molecule has 0 saturated carbocycles. The van der Waals surface area contributed by atoms with Crippen molar-refractivity contribution in [1.82, 2.24) is 10.2 Å². The molecule has 0 aromatic carbocycles. The monoisotopic (exact) mass is 206 g/mol. The number of hydrogen-bond acceptors (Lipinski definition) is 4. The zero-order valence-electron chi connectivity index (χ0n) is 7.00. The minimum absolute atomic E-state index is 0.470. The molecule has 0 amide bonds. The van der Waals surface area contributed by atoms with Gasteiger partial charge in [0.2, 0.25) is 0 Å². The number of rotatable bonds is 1. The first-order valence-electron chi connectivity index (χ1n) is 3.43. The molecule has 0 aliphatic rings. The Labute approximate surface area is 76.7 Å². The van der Waals surface area contributed by atoms with Crippen molar-refractivity contribution in [3.63, 3.8) is 0 Å². The highest BCUT2D eigenvalue weighted by Crippen LogP contribution is 2.28. The van der Waals surface area contributed by atoms with Crippen LogP contribution in [0.4, 0.5) is 13.2 Å². The maximum atomic E-state index is 12.1. The predicted octanol–water partition coefficient (Wildman–Crippen LogP) is 1.28.